The summed E-state index contributed by atoms with van der Waals surface area (Å²) < 4.78 is 44.6. The van der Waals surface area contributed by atoms with E-state index in [0.717, 1.165) is 6.07 Å². The Balaban J connectivity index is 2.49. The number of alkyl halides is 3. The molecule has 0 aliphatic rings. The molecule has 2 aromatic heterocycles. The highest BCUT2D eigenvalue weighted by Crippen LogP contribution is 2.36. The monoisotopic (exact) mass is 354 g/mol. The van der Waals surface area contributed by atoms with E-state index >= 15 is 0 Å². The first-order chi connectivity index (χ1) is 11.4. The summed E-state index contributed by atoms with van der Waals surface area (Å²) >= 11 is 1.25. The first-order valence-electron chi connectivity index (χ1n) is 7.07. The molecule has 0 aromatic carbocycles. The maximum atomic E-state index is 13.3. The van der Waals surface area contributed by atoms with Crippen molar-refractivity contribution in [1.29, 1.82) is 5.26 Å². The van der Waals surface area contributed by atoms with Gasteiger partial charge >= 0.3 is 12.1 Å². The lowest BCUT2D eigenvalue weighted by Crippen LogP contribution is -2.13. The normalized spacial score (nSPS) is 11.1. The summed E-state index contributed by atoms with van der Waals surface area (Å²) in [4.78, 5) is 16.2. The van der Waals surface area contributed by atoms with Crippen LogP contribution in [0.5, 0.6) is 0 Å². The lowest BCUT2D eigenvalue weighted by molar-refractivity contribution is -0.143. The molecule has 2 heterocycles. The van der Waals surface area contributed by atoms with Crippen molar-refractivity contribution < 1.29 is 22.7 Å². The van der Waals surface area contributed by atoms with Crippen LogP contribution in [0.2, 0.25) is 0 Å². The van der Waals surface area contributed by atoms with Crippen LogP contribution in [0.3, 0.4) is 0 Å². The number of thiophene rings is 1. The van der Waals surface area contributed by atoms with Gasteiger partial charge in [-0.2, -0.15) is 18.4 Å². The van der Waals surface area contributed by atoms with Gasteiger partial charge in [0, 0.05) is 6.42 Å². The highest BCUT2D eigenvalue weighted by Gasteiger charge is 2.36. The number of aryl methyl sites for hydroxylation is 1. The van der Waals surface area contributed by atoms with Crippen LogP contribution in [-0.4, -0.2) is 17.6 Å². The van der Waals surface area contributed by atoms with E-state index in [0.29, 0.717) is 4.88 Å². The van der Waals surface area contributed by atoms with E-state index in [2.05, 4.69) is 4.98 Å². The molecular formula is C16H13F3N2O2S. The summed E-state index contributed by atoms with van der Waals surface area (Å²) in [5.41, 5.74) is -1.51. The molecule has 2 rings (SSSR count). The summed E-state index contributed by atoms with van der Waals surface area (Å²) in [6.07, 6.45) is -4.91. The fraction of sp³-hybridized carbons (Fsp3) is 0.312. The van der Waals surface area contributed by atoms with Crippen LogP contribution in [0.15, 0.2) is 23.6 Å². The molecule has 0 unspecified atom stereocenters. The van der Waals surface area contributed by atoms with E-state index in [9.17, 15) is 18.0 Å². The average Bonchev–Trinajstić information content (AvgIpc) is 3.05. The maximum Gasteiger partial charge on any atom is 0.417 e. The molecule has 0 spiro atoms. The number of rotatable bonds is 5. The van der Waals surface area contributed by atoms with Gasteiger partial charge in [0.2, 0.25) is 0 Å². The Morgan fingerprint density at radius 3 is 2.75 bits per heavy atom. The quantitative estimate of drug-likeness (QED) is 0.755. The van der Waals surface area contributed by atoms with Crippen molar-refractivity contribution in [2.75, 3.05) is 6.61 Å². The van der Waals surface area contributed by atoms with Crippen molar-refractivity contribution in [3.8, 4) is 16.6 Å². The zero-order valence-corrected chi connectivity index (χ0v) is 13.5. The third-order valence-corrected chi connectivity index (χ3v) is 4.05. The minimum absolute atomic E-state index is 0.0521. The molecule has 0 bridgehead atoms. The van der Waals surface area contributed by atoms with Crippen LogP contribution < -0.4 is 0 Å². The average molecular weight is 354 g/mol. The van der Waals surface area contributed by atoms with Gasteiger partial charge in [0.15, 0.2) is 0 Å². The Morgan fingerprint density at radius 2 is 2.21 bits per heavy atom. The van der Waals surface area contributed by atoms with Crippen LogP contribution in [0.25, 0.3) is 10.6 Å². The van der Waals surface area contributed by atoms with Crippen molar-refractivity contribution in [3.63, 3.8) is 0 Å². The number of pyridine rings is 1. The Kier molecular flexibility index (Phi) is 5.57. The van der Waals surface area contributed by atoms with Crippen LogP contribution in [0.1, 0.15) is 30.2 Å². The molecule has 0 fully saturated rings. The molecule has 0 radical (unpaired) electrons. The lowest BCUT2D eigenvalue weighted by atomic mass is 10.0. The third-order valence-electron chi connectivity index (χ3n) is 3.16. The van der Waals surface area contributed by atoms with E-state index in [-0.39, 0.29) is 30.8 Å². The number of nitriles is 1. The molecule has 0 N–H and O–H groups in total. The second-order valence-electron chi connectivity index (χ2n) is 4.77. The Bertz CT molecular complexity index is 765. The van der Waals surface area contributed by atoms with Gasteiger partial charge in [0.1, 0.15) is 6.07 Å². The van der Waals surface area contributed by atoms with Gasteiger partial charge in [0.25, 0.3) is 0 Å². The summed E-state index contributed by atoms with van der Waals surface area (Å²) in [7, 11) is 0. The fourth-order valence-electron chi connectivity index (χ4n) is 2.13. The SMILES string of the molecule is CCOC(=O)CCc1nc(-c2cccs2)cc(C(F)(F)F)c1C#N. The highest BCUT2D eigenvalue weighted by molar-refractivity contribution is 7.13. The van der Waals surface area contributed by atoms with E-state index in [1.165, 1.54) is 11.3 Å². The Labute approximate surface area is 140 Å². The van der Waals surface area contributed by atoms with E-state index in [4.69, 9.17) is 10.00 Å². The smallest absolute Gasteiger partial charge is 0.417 e. The van der Waals surface area contributed by atoms with Crippen LogP contribution >= 0.6 is 11.3 Å². The molecule has 24 heavy (non-hydrogen) atoms. The molecule has 0 amide bonds. The van der Waals surface area contributed by atoms with Crippen molar-refractivity contribution in [2.45, 2.75) is 25.9 Å². The van der Waals surface area contributed by atoms with E-state index < -0.39 is 23.3 Å². The zero-order chi connectivity index (χ0) is 17.7. The molecule has 126 valence electrons. The molecule has 0 aliphatic carbocycles. The first kappa shape index (κ1) is 17.9. The highest BCUT2D eigenvalue weighted by atomic mass is 32.1. The van der Waals surface area contributed by atoms with Gasteiger partial charge in [-0.05, 0) is 24.4 Å². The summed E-state index contributed by atoms with van der Waals surface area (Å²) in [5, 5.41) is 10.9. The zero-order valence-electron chi connectivity index (χ0n) is 12.7. The standard InChI is InChI=1S/C16H13F3N2O2S/c1-2-23-15(22)6-5-12-10(9-20)11(16(17,18)19)8-13(21-12)14-4-3-7-24-14/h3-4,7-8H,2,5-6H2,1H3. The minimum Gasteiger partial charge on any atom is -0.466 e. The first-order valence-corrected chi connectivity index (χ1v) is 7.95. The van der Waals surface area contributed by atoms with Crippen molar-refractivity contribution >= 4 is 17.3 Å². The molecule has 8 heteroatoms. The predicted molar refractivity (Wildman–Crippen MR) is 82.2 cm³/mol. The lowest BCUT2D eigenvalue weighted by Gasteiger charge is -2.13. The molecule has 0 saturated heterocycles. The molecule has 4 nitrogen and oxygen atoms in total. The Hall–Kier alpha value is -2.40. The second kappa shape index (κ2) is 7.45. The number of carbonyl (C=O) groups excluding carboxylic acids is 1. The molecule has 2 aromatic rings. The Morgan fingerprint density at radius 1 is 1.46 bits per heavy atom. The maximum absolute atomic E-state index is 13.3. The number of hydrogen-bond donors (Lipinski definition) is 0. The largest absolute Gasteiger partial charge is 0.466 e. The number of nitrogens with zero attached hydrogens (tertiary/aromatic N) is 2. The number of hydrogen-bond acceptors (Lipinski definition) is 5. The van der Waals surface area contributed by atoms with Crippen LogP contribution in [-0.2, 0) is 22.1 Å². The van der Waals surface area contributed by atoms with Gasteiger partial charge in [-0.25, -0.2) is 0 Å². The summed E-state index contributed by atoms with van der Waals surface area (Å²) in [5.74, 6) is -0.543. The summed E-state index contributed by atoms with van der Waals surface area (Å²) in [6.45, 7) is 1.82. The third kappa shape index (κ3) is 4.11. The van der Waals surface area contributed by atoms with Crippen LogP contribution in [0, 0.1) is 11.3 Å². The predicted octanol–water partition coefficient (Wildman–Crippen LogP) is 4.20. The number of esters is 1. The number of halogens is 3. The van der Waals surface area contributed by atoms with Gasteiger partial charge in [-0.15, -0.1) is 11.3 Å². The second-order valence-corrected chi connectivity index (χ2v) is 5.72. The fourth-order valence-corrected chi connectivity index (χ4v) is 2.82. The number of carbonyl (C=O) groups is 1. The van der Waals surface area contributed by atoms with Crippen LogP contribution in [0.4, 0.5) is 13.2 Å². The van der Waals surface area contributed by atoms with Gasteiger partial charge in [-0.3, -0.25) is 9.78 Å². The minimum atomic E-state index is -4.68. The summed E-state index contributed by atoms with van der Waals surface area (Å²) in [6, 6.07) is 5.79. The molecular weight excluding hydrogens is 341 g/mol. The van der Waals surface area contributed by atoms with Crippen molar-refractivity contribution in [2.24, 2.45) is 0 Å². The molecule has 0 aliphatic heterocycles. The van der Waals surface area contributed by atoms with E-state index in [1.807, 2.05) is 0 Å². The number of aromatic nitrogens is 1. The van der Waals surface area contributed by atoms with Gasteiger partial charge < -0.3 is 4.74 Å². The van der Waals surface area contributed by atoms with Crippen molar-refractivity contribution in [3.05, 3.63) is 40.4 Å². The molecule has 0 saturated carbocycles. The molecule has 0 atom stereocenters. The topological polar surface area (TPSA) is 63.0 Å². The number of ether oxygens (including phenoxy) is 1. The van der Waals surface area contributed by atoms with Crippen molar-refractivity contribution in [1.82, 2.24) is 4.98 Å². The van der Waals surface area contributed by atoms with E-state index in [1.54, 1.807) is 30.5 Å². The van der Waals surface area contributed by atoms with Gasteiger partial charge in [0.05, 0.1) is 40.4 Å². The van der Waals surface area contributed by atoms with Gasteiger partial charge in [-0.1, -0.05) is 6.07 Å².